The number of rotatable bonds is 8. The summed E-state index contributed by atoms with van der Waals surface area (Å²) in [6.45, 7) is 7.92. The number of benzene rings is 1. The van der Waals surface area contributed by atoms with Crippen LogP contribution < -0.4 is 10.1 Å². The summed E-state index contributed by atoms with van der Waals surface area (Å²) in [6.07, 6.45) is 5.38. The molecule has 0 atom stereocenters. The Bertz CT molecular complexity index is 1230. The number of aryl methyl sites for hydroxylation is 1. The van der Waals surface area contributed by atoms with Crippen LogP contribution in [0.2, 0.25) is 5.02 Å². The maximum Gasteiger partial charge on any atom is 0.219 e. The zero-order valence-corrected chi connectivity index (χ0v) is 20.6. The maximum absolute atomic E-state index is 11.7. The largest absolute Gasteiger partial charge is 0.487 e. The predicted molar refractivity (Wildman–Crippen MR) is 135 cm³/mol. The summed E-state index contributed by atoms with van der Waals surface area (Å²) in [4.78, 5) is 25.0. The predicted octanol–water partition coefficient (Wildman–Crippen LogP) is 6.21. The van der Waals surface area contributed by atoms with Crippen LogP contribution in [0.3, 0.4) is 0 Å². The van der Waals surface area contributed by atoms with Crippen LogP contribution in [0.25, 0.3) is 16.6 Å². The average molecular weight is 485 g/mol. The number of amides is 1. The first-order valence-electron chi connectivity index (χ1n) is 10.6. The standard InChI is InChI=1S/C25H26Cl2N4O2/c1-5-23(32)30-12-17-11-28-13-21(27)20(17)14-33-22-9-7-8-18-19(10-15(3)31-25(18)22)24(16(4)26)29-6-2/h6-11,13H,5,12,14H2,1-4H3,(H,30,32)/b24-16+,29-6?. The van der Waals surface area contributed by atoms with Crippen molar-refractivity contribution < 1.29 is 9.53 Å². The Balaban J connectivity index is 1.99. The molecule has 1 N–H and O–H groups in total. The van der Waals surface area contributed by atoms with E-state index in [9.17, 15) is 4.79 Å². The molecule has 0 bridgehead atoms. The van der Waals surface area contributed by atoms with Gasteiger partial charge in [0.15, 0.2) is 0 Å². The van der Waals surface area contributed by atoms with E-state index >= 15 is 0 Å². The zero-order chi connectivity index (χ0) is 24.0. The summed E-state index contributed by atoms with van der Waals surface area (Å²) < 4.78 is 6.20. The van der Waals surface area contributed by atoms with E-state index in [0.29, 0.717) is 40.0 Å². The Morgan fingerprint density at radius 2 is 2.09 bits per heavy atom. The van der Waals surface area contributed by atoms with Gasteiger partial charge in [0.05, 0.1) is 10.7 Å². The van der Waals surface area contributed by atoms with E-state index in [1.807, 2.05) is 45.0 Å². The molecule has 8 heteroatoms. The molecule has 0 radical (unpaired) electrons. The molecule has 0 aliphatic heterocycles. The number of hydrogen-bond donors (Lipinski definition) is 1. The number of halogens is 2. The third-order valence-corrected chi connectivity index (χ3v) is 5.54. The smallest absolute Gasteiger partial charge is 0.219 e. The number of pyridine rings is 2. The Labute approximate surface area is 203 Å². The molecule has 0 spiro atoms. The van der Waals surface area contributed by atoms with Gasteiger partial charge in [0.1, 0.15) is 17.9 Å². The second-order valence-electron chi connectivity index (χ2n) is 7.41. The van der Waals surface area contributed by atoms with Crippen LogP contribution in [0.4, 0.5) is 0 Å². The number of allylic oxidation sites excluding steroid dienone is 1. The van der Waals surface area contributed by atoms with Crippen molar-refractivity contribution >= 4 is 51.9 Å². The topological polar surface area (TPSA) is 76.5 Å². The highest BCUT2D eigenvalue weighted by molar-refractivity contribution is 6.32. The van der Waals surface area contributed by atoms with Gasteiger partial charge in [-0.2, -0.15) is 0 Å². The first kappa shape index (κ1) is 24.7. The Morgan fingerprint density at radius 1 is 1.30 bits per heavy atom. The lowest BCUT2D eigenvalue weighted by molar-refractivity contribution is -0.120. The van der Waals surface area contributed by atoms with Crippen molar-refractivity contribution in [1.29, 1.82) is 0 Å². The highest BCUT2D eigenvalue weighted by Crippen LogP contribution is 2.34. The fourth-order valence-electron chi connectivity index (χ4n) is 3.42. The SMILES string of the molecule is CC=N/C(=C(\C)Cl)c1cc(C)nc2c(OCc3c(Cl)cncc3CNC(=O)CC)cccc12. The van der Waals surface area contributed by atoms with Gasteiger partial charge in [-0.05, 0) is 38.5 Å². The first-order valence-corrected chi connectivity index (χ1v) is 11.4. The number of fused-ring (bicyclic) bond motifs is 1. The minimum absolute atomic E-state index is 0.0451. The van der Waals surface area contributed by atoms with Gasteiger partial charge < -0.3 is 10.1 Å². The molecular formula is C25H26Cl2N4O2. The summed E-state index contributed by atoms with van der Waals surface area (Å²) >= 11 is 12.8. The van der Waals surface area contributed by atoms with E-state index in [4.69, 9.17) is 32.9 Å². The van der Waals surface area contributed by atoms with Gasteiger partial charge in [-0.3, -0.25) is 14.8 Å². The fourth-order valence-corrected chi connectivity index (χ4v) is 3.80. The Kier molecular flexibility index (Phi) is 8.42. The first-order chi connectivity index (χ1) is 15.8. The Hall–Kier alpha value is -2.96. The third-order valence-electron chi connectivity index (χ3n) is 5.03. The highest BCUT2D eigenvalue weighted by atomic mass is 35.5. The van der Waals surface area contributed by atoms with E-state index in [1.165, 1.54) is 0 Å². The molecule has 0 saturated carbocycles. The molecule has 0 aliphatic carbocycles. The van der Waals surface area contributed by atoms with Gasteiger partial charge in [-0.15, -0.1) is 0 Å². The molecule has 2 heterocycles. The lowest BCUT2D eigenvalue weighted by Crippen LogP contribution is -2.22. The van der Waals surface area contributed by atoms with Crippen LogP contribution in [0.1, 0.15) is 49.6 Å². The van der Waals surface area contributed by atoms with Crippen LogP contribution in [0.5, 0.6) is 5.75 Å². The molecule has 0 unspecified atom stereocenters. The monoisotopic (exact) mass is 484 g/mol. The second-order valence-corrected chi connectivity index (χ2v) is 8.38. The molecule has 1 aromatic carbocycles. The fraction of sp³-hybridized carbons (Fsp3) is 0.280. The van der Waals surface area contributed by atoms with Gasteiger partial charge in [0, 0.05) is 58.8 Å². The van der Waals surface area contributed by atoms with Crippen molar-refractivity contribution in [2.45, 2.75) is 47.3 Å². The second kappa shape index (κ2) is 11.3. The highest BCUT2D eigenvalue weighted by Gasteiger charge is 2.15. The van der Waals surface area contributed by atoms with Gasteiger partial charge in [-0.1, -0.05) is 42.3 Å². The Morgan fingerprint density at radius 3 is 2.79 bits per heavy atom. The van der Waals surface area contributed by atoms with Gasteiger partial charge in [-0.25, -0.2) is 4.98 Å². The normalized spacial score (nSPS) is 12.2. The number of nitrogens with zero attached hydrogens (tertiary/aromatic N) is 3. The minimum atomic E-state index is -0.0451. The molecule has 33 heavy (non-hydrogen) atoms. The van der Waals surface area contributed by atoms with Crippen LogP contribution in [0.15, 0.2) is 46.7 Å². The summed E-state index contributed by atoms with van der Waals surface area (Å²) in [5.74, 6) is 0.567. The van der Waals surface area contributed by atoms with Crippen molar-refractivity contribution in [1.82, 2.24) is 15.3 Å². The van der Waals surface area contributed by atoms with E-state index in [0.717, 1.165) is 27.8 Å². The number of ether oxygens (including phenoxy) is 1. The van der Waals surface area contributed by atoms with Crippen molar-refractivity contribution in [3.8, 4) is 5.75 Å². The molecule has 0 saturated heterocycles. The van der Waals surface area contributed by atoms with Gasteiger partial charge in [0.25, 0.3) is 0 Å². The average Bonchev–Trinajstić information content (AvgIpc) is 2.79. The summed E-state index contributed by atoms with van der Waals surface area (Å²) in [6, 6.07) is 7.71. The molecular weight excluding hydrogens is 459 g/mol. The number of aromatic nitrogens is 2. The van der Waals surface area contributed by atoms with E-state index in [1.54, 1.807) is 25.5 Å². The van der Waals surface area contributed by atoms with Crippen molar-refractivity contribution in [2.75, 3.05) is 0 Å². The maximum atomic E-state index is 11.7. The molecule has 2 aromatic heterocycles. The zero-order valence-electron chi connectivity index (χ0n) is 19.1. The van der Waals surface area contributed by atoms with E-state index < -0.39 is 0 Å². The number of hydrogen-bond acceptors (Lipinski definition) is 5. The van der Waals surface area contributed by atoms with Crippen molar-refractivity contribution in [2.24, 2.45) is 4.99 Å². The van der Waals surface area contributed by atoms with Gasteiger partial charge >= 0.3 is 0 Å². The quantitative estimate of drug-likeness (QED) is 0.385. The number of nitrogens with one attached hydrogen (secondary N) is 1. The number of carbonyl (C=O) groups is 1. The molecule has 6 nitrogen and oxygen atoms in total. The van der Waals surface area contributed by atoms with Crippen LogP contribution in [-0.2, 0) is 17.9 Å². The minimum Gasteiger partial charge on any atom is -0.487 e. The van der Waals surface area contributed by atoms with E-state index in [-0.39, 0.29) is 12.5 Å². The number of para-hydroxylation sites is 1. The van der Waals surface area contributed by atoms with Gasteiger partial charge in [0.2, 0.25) is 5.91 Å². The number of carbonyl (C=O) groups excluding carboxylic acids is 1. The summed E-state index contributed by atoms with van der Waals surface area (Å²) in [5.41, 5.74) is 4.67. The molecule has 0 aliphatic rings. The summed E-state index contributed by atoms with van der Waals surface area (Å²) in [5, 5.41) is 4.81. The summed E-state index contributed by atoms with van der Waals surface area (Å²) in [7, 11) is 0. The molecule has 3 aromatic rings. The van der Waals surface area contributed by atoms with Crippen molar-refractivity contribution in [3.05, 3.63) is 69.1 Å². The third kappa shape index (κ3) is 5.89. The molecule has 1 amide bonds. The lowest BCUT2D eigenvalue weighted by atomic mass is 10.0. The number of aliphatic imine (C=N–C) groups is 1. The lowest BCUT2D eigenvalue weighted by Gasteiger charge is -2.15. The van der Waals surface area contributed by atoms with Crippen LogP contribution in [0, 0.1) is 6.92 Å². The van der Waals surface area contributed by atoms with Crippen molar-refractivity contribution in [3.63, 3.8) is 0 Å². The molecule has 0 fully saturated rings. The molecule has 3 rings (SSSR count). The molecule has 172 valence electrons. The van der Waals surface area contributed by atoms with Crippen LogP contribution >= 0.6 is 23.2 Å². The van der Waals surface area contributed by atoms with Crippen LogP contribution in [-0.4, -0.2) is 22.1 Å². The van der Waals surface area contributed by atoms with E-state index in [2.05, 4.69) is 15.3 Å².